The fourth-order valence-corrected chi connectivity index (χ4v) is 4.37. The summed E-state index contributed by atoms with van der Waals surface area (Å²) in [6, 6.07) is 9.30. The van der Waals surface area contributed by atoms with Crippen LogP contribution in [0.25, 0.3) is 16.9 Å². The van der Waals surface area contributed by atoms with Gasteiger partial charge in [0, 0.05) is 24.7 Å². The zero-order valence-electron chi connectivity index (χ0n) is 22.5. The number of anilines is 1. The molecule has 0 bridgehead atoms. The van der Waals surface area contributed by atoms with Gasteiger partial charge in [0.2, 0.25) is 5.91 Å². The molecular formula is C28H34FN7O3. The molecule has 3 aromatic rings. The Balaban J connectivity index is 1.55. The quantitative estimate of drug-likeness (QED) is 0.312. The Morgan fingerprint density at radius 2 is 1.97 bits per heavy atom. The van der Waals surface area contributed by atoms with Crippen molar-refractivity contribution in [3.8, 4) is 17.5 Å². The molecule has 3 heterocycles. The molecule has 1 aliphatic carbocycles. The van der Waals surface area contributed by atoms with Crippen molar-refractivity contribution < 1.29 is 19.1 Å². The van der Waals surface area contributed by atoms with Crippen LogP contribution >= 0.6 is 0 Å². The van der Waals surface area contributed by atoms with E-state index in [4.69, 9.17) is 5.26 Å². The van der Waals surface area contributed by atoms with E-state index in [0.717, 1.165) is 18.4 Å². The number of rotatable bonds is 10. The van der Waals surface area contributed by atoms with Gasteiger partial charge in [-0.3, -0.25) is 14.6 Å². The summed E-state index contributed by atoms with van der Waals surface area (Å²) in [5.41, 5.74) is 1.61. The molecule has 10 nitrogen and oxygen atoms in total. The minimum absolute atomic E-state index is 0.0243. The van der Waals surface area contributed by atoms with Gasteiger partial charge in [-0.05, 0) is 56.9 Å². The van der Waals surface area contributed by atoms with Gasteiger partial charge in [-0.1, -0.05) is 13.8 Å². The Morgan fingerprint density at radius 3 is 2.64 bits per heavy atom. The van der Waals surface area contributed by atoms with E-state index in [-0.39, 0.29) is 30.0 Å². The first-order valence-electron chi connectivity index (χ1n) is 13.0. The summed E-state index contributed by atoms with van der Waals surface area (Å²) in [5, 5.41) is 32.3. The van der Waals surface area contributed by atoms with E-state index in [0.29, 0.717) is 35.1 Å². The number of aliphatic hydroxyl groups is 1. The predicted molar refractivity (Wildman–Crippen MR) is 145 cm³/mol. The average Bonchev–Trinajstić information content (AvgIpc) is 3.30. The van der Waals surface area contributed by atoms with Gasteiger partial charge in [-0.25, -0.2) is 8.91 Å². The predicted octanol–water partition coefficient (Wildman–Crippen LogP) is 3.07. The number of hydrogen-bond donors (Lipinski definition) is 4. The lowest BCUT2D eigenvalue weighted by atomic mass is 9.80. The third-order valence-electron chi connectivity index (χ3n) is 6.93. The first-order chi connectivity index (χ1) is 18.5. The lowest BCUT2D eigenvalue weighted by Gasteiger charge is -2.37. The number of carbonyl (C=O) groups excluding carboxylic acids is 2. The second kappa shape index (κ2) is 11.4. The highest BCUT2D eigenvalue weighted by atomic mass is 19.1. The van der Waals surface area contributed by atoms with Crippen LogP contribution in [-0.2, 0) is 4.79 Å². The molecule has 1 aliphatic rings. The molecule has 3 aromatic heterocycles. The molecule has 1 saturated carbocycles. The molecule has 1 fully saturated rings. The molecule has 0 aromatic carbocycles. The summed E-state index contributed by atoms with van der Waals surface area (Å²) in [6.45, 7) is 6.66. The summed E-state index contributed by atoms with van der Waals surface area (Å²) < 4.78 is 15.9. The minimum atomic E-state index is -1.64. The van der Waals surface area contributed by atoms with Crippen molar-refractivity contribution in [1.29, 1.82) is 5.26 Å². The number of amides is 2. The van der Waals surface area contributed by atoms with Crippen molar-refractivity contribution in [2.24, 2.45) is 11.8 Å². The van der Waals surface area contributed by atoms with Crippen LogP contribution in [-0.4, -0.2) is 62.4 Å². The van der Waals surface area contributed by atoms with Crippen molar-refractivity contribution in [3.63, 3.8) is 0 Å². The zero-order valence-corrected chi connectivity index (χ0v) is 22.5. The fraction of sp³-hybridized carbons (Fsp3) is 0.464. The van der Waals surface area contributed by atoms with Crippen LogP contribution in [0.4, 0.5) is 10.1 Å². The molecule has 206 valence electrons. The smallest absolute Gasteiger partial charge is 0.255 e. The second-order valence-corrected chi connectivity index (χ2v) is 10.9. The summed E-state index contributed by atoms with van der Waals surface area (Å²) in [7, 11) is 0. The molecule has 0 saturated heterocycles. The van der Waals surface area contributed by atoms with E-state index in [9.17, 15) is 19.1 Å². The minimum Gasteiger partial charge on any atom is -0.387 e. The highest BCUT2D eigenvalue weighted by Crippen LogP contribution is 2.32. The van der Waals surface area contributed by atoms with Crippen molar-refractivity contribution in [2.45, 2.75) is 58.4 Å². The maximum absolute atomic E-state index is 14.3. The van der Waals surface area contributed by atoms with Crippen molar-refractivity contribution >= 4 is 23.0 Å². The zero-order chi connectivity index (χ0) is 28.3. The standard InChI is InChI=1S/C28H34FN7O3/c1-16(2)26(37)32-12-17-7-19(8-17)35-22-10-23(24-6-5-20-9-18(11-30)13-34-36(20)24)31-14-21(22)27(38)33-15-25(29)28(3,4)39/h5-6,9-10,13-14,16-17,19,25,39H,7-8,12,15H2,1-4H3,(H,31,35)(H,32,37)(H,33,38)/t17?,19?,25-/m1/s1. The number of nitrogens with zero attached hydrogens (tertiary/aromatic N) is 4. The summed E-state index contributed by atoms with van der Waals surface area (Å²) in [5.74, 6) is -0.227. The van der Waals surface area contributed by atoms with Crippen LogP contribution in [0.5, 0.6) is 0 Å². The Labute approximate surface area is 226 Å². The summed E-state index contributed by atoms with van der Waals surface area (Å²) in [4.78, 5) is 29.4. The largest absolute Gasteiger partial charge is 0.387 e. The molecule has 1 atom stereocenters. The lowest BCUT2D eigenvalue weighted by Crippen LogP contribution is -2.43. The van der Waals surface area contributed by atoms with Crippen LogP contribution in [0.1, 0.15) is 56.5 Å². The van der Waals surface area contributed by atoms with Gasteiger partial charge in [0.25, 0.3) is 5.91 Å². The van der Waals surface area contributed by atoms with Gasteiger partial charge in [0.15, 0.2) is 0 Å². The number of pyridine rings is 1. The number of hydrogen-bond acceptors (Lipinski definition) is 7. The molecule has 11 heteroatoms. The van der Waals surface area contributed by atoms with Gasteiger partial charge in [-0.2, -0.15) is 10.4 Å². The highest BCUT2D eigenvalue weighted by molar-refractivity contribution is 6.00. The van der Waals surface area contributed by atoms with Crippen molar-refractivity contribution in [2.75, 3.05) is 18.4 Å². The molecule has 39 heavy (non-hydrogen) atoms. The molecular weight excluding hydrogens is 501 g/mol. The monoisotopic (exact) mass is 535 g/mol. The Bertz CT molecular complexity index is 1400. The molecule has 2 amide bonds. The van der Waals surface area contributed by atoms with Crippen molar-refractivity contribution in [3.05, 3.63) is 47.8 Å². The van der Waals surface area contributed by atoms with Gasteiger partial charge in [-0.15, -0.1) is 0 Å². The van der Waals surface area contributed by atoms with E-state index < -0.39 is 17.7 Å². The maximum atomic E-state index is 14.3. The average molecular weight is 536 g/mol. The number of nitrogens with one attached hydrogen (secondary N) is 3. The molecule has 0 radical (unpaired) electrons. The fourth-order valence-electron chi connectivity index (χ4n) is 4.37. The third-order valence-corrected chi connectivity index (χ3v) is 6.93. The summed E-state index contributed by atoms with van der Waals surface area (Å²) in [6.07, 6.45) is 2.89. The first-order valence-corrected chi connectivity index (χ1v) is 13.0. The highest BCUT2D eigenvalue weighted by Gasteiger charge is 2.31. The van der Waals surface area contributed by atoms with Crippen LogP contribution < -0.4 is 16.0 Å². The Kier molecular flexibility index (Phi) is 8.16. The molecule has 0 spiro atoms. The van der Waals surface area contributed by atoms with E-state index in [1.807, 2.05) is 26.0 Å². The Hall–Kier alpha value is -4.04. The number of alkyl halides is 1. The van der Waals surface area contributed by atoms with E-state index in [1.165, 1.54) is 26.2 Å². The molecule has 0 unspecified atom stereocenters. The lowest BCUT2D eigenvalue weighted by molar-refractivity contribution is -0.124. The number of carbonyl (C=O) groups is 2. The summed E-state index contributed by atoms with van der Waals surface area (Å²) >= 11 is 0. The van der Waals surface area contributed by atoms with Gasteiger partial charge >= 0.3 is 0 Å². The second-order valence-electron chi connectivity index (χ2n) is 10.9. The Morgan fingerprint density at radius 1 is 1.23 bits per heavy atom. The van der Waals surface area contributed by atoms with Gasteiger partial charge in [0.05, 0.1) is 52.1 Å². The number of halogens is 1. The molecule has 4 rings (SSSR count). The van der Waals surface area contributed by atoms with Crippen molar-refractivity contribution in [1.82, 2.24) is 25.2 Å². The van der Waals surface area contributed by atoms with Crippen LogP contribution in [0.15, 0.2) is 36.7 Å². The van der Waals surface area contributed by atoms with E-state index in [1.54, 1.807) is 16.6 Å². The molecule has 0 aliphatic heterocycles. The number of aromatic nitrogens is 3. The first kappa shape index (κ1) is 28.0. The molecule has 4 N–H and O–H groups in total. The topological polar surface area (TPSA) is 144 Å². The van der Waals surface area contributed by atoms with Gasteiger partial charge < -0.3 is 21.1 Å². The third kappa shape index (κ3) is 6.52. The van der Waals surface area contributed by atoms with Crippen LogP contribution in [0.3, 0.4) is 0 Å². The van der Waals surface area contributed by atoms with Crippen LogP contribution in [0, 0.1) is 23.2 Å². The number of fused-ring (bicyclic) bond motifs is 1. The van der Waals surface area contributed by atoms with Crippen LogP contribution in [0.2, 0.25) is 0 Å². The van der Waals surface area contributed by atoms with E-state index >= 15 is 0 Å². The maximum Gasteiger partial charge on any atom is 0.255 e. The van der Waals surface area contributed by atoms with Gasteiger partial charge in [0.1, 0.15) is 12.2 Å². The number of nitriles is 1. The SMILES string of the molecule is CC(C)C(=O)NCC1CC(Nc2cc(-c3ccc4cc(C#N)cnn34)ncc2C(=O)NC[C@@H](F)C(C)(C)O)C1. The normalized spacial score (nSPS) is 17.8. The van der Waals surface area contributed by atoms with E-state index in [2.05, 4.69) is 32.1 Å².